The van der Waals surface area contributed by atoms with Crippen LogP contribution >= 0.6 is 0 Å². The zero-order chi connectivity index (χ0) is 16.0. The van der Waals surface area contributed by atoms with Gasteiger partial charge in [0, 0.05) is 50.6 Å². The lowest BCUT2D eigenvalue weighted by atomic mass is 9.94. The highest BCUT2D eigenvalue weighted by Crippen LogP contribution is 2.72. The molecule has 0 unspecified atom stereocenters. The Kier molecular flexibility index (Phi) is 3.92. The number of amides is 1. The minimum absolute atomic E-state index is 0.0572. The standard InChI is InChI=1S/C15H24F3N3O/c1-2-12(22)21-5-3-11(4-6-21)20-9-13-7-14(13,10-19-8-13)15(16,17)18/h11,19-20H,2-10H2,1H3/t13-,14-/m1/s1. The molecule has 0 radical (unpaired) electrons. The van der Waals surface area contributed by atoms with Crippen LogP contribution in [-0.4, -0.2) is 55.7 Å². The number of nitrogens with one attached hydrogen (secondary N) is 2. The first-order valence-electron chi connectivity index (χ1n) is 8.12. The Hall–Kier alpha value is -0.820. The summed E-state index contributed by atoms with van der Waals surface area (Å²) in [5, 5.41) is 6.26. The predicted molar refractivity (Wildman–Crippen MR) is 76.3 cm³/mol. The molecule has 1 saturated carbocycles. The number of fused-ring (bicyclic) bond motifs is 1. The molecule has 2 N–H and O–H groups in total. The molecule has 3 rings (SSSR count). The van der Waals surface area contributed by atoms with Crippen molar-refractivity contribution in [3.8, 4) is 0 Å². The minimum atomic E-state index is -4.12. The van der Waals surface area contributed by atoms with Crippen LogP contribution in [-0.2, 0) is 4.79 Å². The maximum absolute atomic E-state index is 13.3. The largest absolute Gasteiger partial charge is 0.396 e. The molecule has 0 aromatic carbocycles. The molecular weight excluding hydrogens is 295 g/mol. The van der Waals surface area contributed by atoms with Crippen LogP contribution in [0.2, 0.25) is 0 Å². The second-order valence-electron chi connectivity index (χ2n) is 7.03. The van der Waals surface area contributed by atoms with Gasteiger partial charge in [-0.05, 0) is 19.3 Å². The summed E-state index contributed by atoms with van der Waals surface area (Å²) in [6.45, 7) is 4.20. The van der Waals surface area contributed by atoms with Crippen LogP contribution in [0.25, 0.3) is 0 Å². The predicted octanol–water partition coefficient (Wildman–Crippen LogP) is 1.52. The molecule has 3 aliphatic rings. The maximum Gasteiger partial charge on any atom is 0.396 e. The number of carbonyl (C=O) groups excluding carboxylic acids is 1. The maximum atomic E-state index is 13.3. The molecule has 0 bridgehead atoms. The molecule has 4 nitrogen and oxygen atoms in total. The van der Waals surface area contributed by atoms with Crippen molar-refractivity contribution in [2.45, 2.75) is 44.8 Å². The third-order valence-electron chi connectivity index (χ3n) is 5.84. The highest BCUT2D eigenvalue weighted by Gasteiger charge is 2.81. The van der Waals surface area contributed by atoms with Gasteiger partial charge in [0.15, 0.2) is 0 Å². The number of halogens is 3. The molecule has 2 atom stereocenters. The number of alkyl halides is 3. The number of hydrogen-bond donors (Lipinski definition) is 2. The van der Waals surface area contributed by atoms with Gasteiger partial charge in [-0.25, -0.2) is 0 Å². The third-order valence-corrected chi connectivity index (χ3v) is 5.84. The molecule has 0 spiro atoms. The van der Waals surface area contributed by atoms with E-state index in [4.69, 9.17) is 0 Å². The van der Waals surface area contributed by atoms with E-state index in [0.717, 1.165) is 12.8 Å². The van der Waals surface area contributed by atoms with Crippen LogP contribution in [0, 0.1) is 10.8 Å². The number of hydrogen-bond acceptors (Lipinski definition) is 3. The van der Waals surface area contributed by atoms with Crippen LogP contribution < -0.4 is 10.6 Å². The Morgan fingerprint density at radius 1 is 1.32 bits per heavy atom. The molecule has 7 heteroatoms. The summed E-state index contributed by atoms with van der Waals surface area (Å²) < 4.78 is 39.8. The third kappa shape index (κ3) is 2.42. The van der Waals surface area contributed by atoms with Crippen LogP contribution in [0.15, 0.2) is 0 Å². The van der Waals surface area contributed by atoms with Gasteiger partial charge in [-0.1, -0.05) is 6.92 Å². The molecule has 1 amide bonds. The van der Waals surface area contributed by atoms with Gasteiger partial charge >= 0.3 is 6.18 Å². The highest BCUT2D eigenvalue weighted by molar-refractivity contribution is 5.75. The monoisotopic (exact) mass is 319 g/mol. The van der Waals surface area contributed by atoms with Gasteiger partial charge < -0.3 is 15.5 Å². The molecule has 126 valence electrons. The lowest BCUT2D eigenvalue weighted by molar-refractivity contribution is -0.190. The zero-order valence-corrected chi connectivity index (χ0v) is 12.9. The van der Waals surface area contributed by atoms with Gasteiger partial charge in [0.25, 0.3) is 0 Å². The molecule has 2 heterocycles. The fourth-order valence-electron chi connectivity index (χ4n) is 4.22. The normalized spacial score (nSPS) is 35.5. The summed E-state index contributed by atoms with van der Waals surface area (Å²) in [6.07, 6.45) is -1.70. The van der Waals surface area contributed by atoms with Gasteiger partial charge in [-0.3, -0.25) is 4.79 Å². The van der Waals surface area contributed by atoms with E-state index in [-0.39, 0.29) is 24.9 Å². The van der Waals surface area contributed by atoms with Crippen LogP contribution in [0.5, 0.6) is 0 Å². The van der Waals surface area contributed by atoms with E-state index in [1.807, 2.05) is 11.8 Å². The van der Waals surface area contributed by atoms with Crippen molar-refractivity contribution < 1.29 is 18.0 Å². The van der Waals surface area contributed by atoms with Crippen molar-refractivity contribution >= 4 is 5.91 Å². The highest BCUT2D eigenvalue weighted by atomic mass is 19.4. The summed E-state index contributed by atoms with van der Waals surface area (Å²) in [7, 11) is 0. The Balaban J connectivity index is 1.50. The molecule has 2 aliphatic heterocycles. The fraction of sp³-hybridized carbons (Fsp3) is 0.933. The van der Waals surface area contributed by atoms with Gasteiger partial charge in [-0.2, -0.15) is 13.2 Å². The SMILES string of the molecule is CCC(=O)N1CCC(NC[C@@]23CNC[C@]2(C(F)(F)F)C3)CC1. The van der Waals surface area contributed by atoms with Crippen molar-refractivity contribution in [3.63, 3.8) is 0 Å². The van der Waals surface area contributed by atoms with Crippen molar-refractivity contribution in [1.29, 1.82) is 0 Å². The van der Waals surface area contributed by atoms with E-state index in [1.165, 1.54) is 0 Å². The smallest absolute Gasteiger partial charge is 0.343 e. The van der Waals surface area contributed by atoms with Gasteiger partial charge in [0.2, 0.25) is 5.91 Å². The Morgan fingerprint density at radius 2 is 2.00 bits per heavy atom. The quantitative estimate of drug-likeness (QED) is 0.826. The average Bonchev–Trinajstić information content (AvgIpc) is 3.02. The topological polar surface area (TPSA) is 44.4 Å². The Bertz CT molecular complexity index is 448. The van der Waals surface area contributed by atoms with Crippen molar-refractivity contribution in [2.75, 3.05) is 32.7 Å². The first-order chi connectivity index (χ1) is 10.3. The molecule has 3 fully saturated rings. The fourth-order valence-corrected chi connectivity index (χ4v) is 4.22. The molecule has 1 aliphatic carbocycles. The van der Waals surface area contributed by atoms with Gasteiger partial charge in [0.1, 0.15) is 0 Å². The van der Waals surface area contributed by atoms with Crippen molar-refractivity contribution in [2.24, 2.45) is 10.8 Å². The molecule has 0 aromatic rings. The zero-order valence-electron chi connectivity index (χ0n) is 12.9. The van der Waals surface area contributed by atoms with Crippen LogP contribution in [0.3, 0.4) is 0 Å². The van der Waals surface area contributed by atoms with E-state index in [9.17, 15) is 18.0 Å². The second kappa shape index (κ2) is 5.37. The molecule has 0 aromatic heterocycles. The number of likely N-dealkylation sites (tertiary alicyclic amines) is 1. The lowest BCUT2D eigenvalue weighted by Gasteiger charge is -2.33. The van der Waals surface area contributed by atoms with Gasteiger partial charge in [0.05, 0.1) is 5.41 Å². The summed E-state index contributed by atoms with van der Waals surface area (Å²) >= 11 is 0. The number of rotatable bonds is 4. The summed E-state index contributed by atoms with van der Waals surface area (Å²) in [4.78, 5) is 13.5. The van der Waals surface area contributed by atoms with Crippen LogP contribution in [0.4, 0.5) is 13.2 Å². The molecule has 2 saturated heterocycles. The van der Waals surface area contributed by atoms with E-state index < -0.39 is 17.0 Å². The number of carbonyl (C=O) groups is 1. The second-order valence-corrected chi connectivity index (χ2v) is 7.03. The van der Waals surface area contributed by atoms with E-state index >= 15 is 0 Å². The number of piperidine rings is 2. The Labute approximate surface area is 128 Å². The van der Waals surface area contributed by atoms with Crippen molar-refractivity contribution in [1.82, 2.24) is 15.5 Å². The van der Waals surface area contributed by atoms with E-state index in [0.29, 0.717) is 32.6 Å². The van der Waals surface area contributed by atoms with E-state index in [2.05, 4.69) is 10.6 Å². The van der Waals surface area contributed by atoms with Gasteiger partial charge in [-0.15, -0.1) is 0 Å². The summed E-state index contributed by atoms with van der Waals surface area (Å²) in [5.74, 6) is 0.162. The van der Waals surface area contributed by atoms with Crippen LogP contribution in [0.1, 0.15) is 32.6 Å². The average molecular weight is 319 g/mol. The first kappa shape index (κ1) is 16.1. The van der Waals surface area contributed by atoms with Crippen molar-refractivity contribution in [3.05, 3.63) is 0 Å². The molecular formula is C15H24F3N3O. The lowest BCUT2D eigenvalue weighted by Crippen LogP contribution is -2.47. The first-order valence-corrected chi connectivity index (χ1v) is 8.12. The summed E-state index contributed by atoms with van der Waals surface area (Å²) in [6, 6.07) is 0.224. The molecule has 22 heavy (non-hydrogen) atoms. The number of nitrogens with zero attached hydrogens (tertiary/aromatic N) is 1. The Morgan fingerprint density at radius 3 is 2.55 bits per heavy atom. The van der Waals surface area contributed by atoms with E-state index in [1.54, 1.807) is 0 Å². The summed E-state index contributed by atoms with van der Waals surface area (Å²) in [5.41, 5.74) is -2.16. The minimum Gasteiger partial charge on any atom is -0.343 e.